The molecule has 0 spiro atoms. The molecule has 0 aliphatic heterocycles. The van der Waals surface area contributed by atoms with E-state index in [-0.39, 0.29) is 5.88 Å². The third-order valence-electron chi connectivity index (χ3n) is 2.50. The van der Waals surface area contributed by atoms with Crippen molar-refractivity contribution in [3.63, 3.8) is 0 Å². The molecule has 2 nitrogen and oxygen atoms in total. The quantitative estimate of drug-likeness (QED) is 0.799. The number of aliphatic hydroxyl groups is 1. The third-order valence-corrected chi connectivity index (χ3v) is 2.85. The molecule has 0 saturated heterocycles. The molecule has 0 unspecified atom stereocenters. The van der Waals surface area contributed by atoms with Gasteiger partial charge in [-0.2, -0.15) is 0 Å². The first-order valence-corrected chi connectivity index (χ1v) is 5.80. The summed E-state index contributed by atoms with van der Waals surface area (Å²) in [4.78, 5) is 0. The lowest BCUT2D eigenvalue weighted by atomic mass is 10.1. The van der Waals surface area contributed by atoms with Crippen molar-refractivity contribution in [1.29, 1.82) is 0 Å². The van der Waals surface area contributed by atoms with Gasteiger partial charge in [-0.3, -0.25) is 0 Å². The Bertz CT molecular complexity index is 467. The zero-order chi connectivity index (χ0) is 11.4. The number of halogens is 1. The van der Waals surface area contributed by atoms with E-state index in [1.807, 2.05) is 24.3 Å². The van der Waals surface area contributed by atoms with Crippen LogP contribution >= 0.6 is 11.6 Å². The molecule has 0 bridgehead atoms. The van der Waals surface area contributed by atoms with Crippen molar-refractivity contribution in [3.05, 3.63) is 42.5 Å². The van der Waals surface area contributed by atoms with Gasteiger partial charge in [0.05, 0.1) is 12.0 Å². The molecule has 0 aromatic heterocycles. The Balaban J connectivity index is 2.23. The normalized spacial score (nSPS) is 12.6. The summed E-state index contributed by atoms with van der Waals surface area (Å²) in [7, 11) is 0. The van der Waals surface area contributed by atoms with Crippen molar-refractivity contribution in [2.75, 3.05) is 17.7 Å². The van der Waals surface area contributed by atoms with Gasteiger partial charge < -0.3 is 10.4 Å². The molecule has 0 saturated carbocycles. The number of fused-ring (bicyclic) bond motifs is 1. The highest BCUT2D eigenvalue weighted by Crippen LogP contribution is 2.22. The first kappa shape index (κ1) is 11.2. The van der Waals surface area contributed by atoms with E-state index >= 15 is 0 Å². The molecule has 0 amide bonds. The Labute approximate surface area is 99.9 Å². The van der Waals surface area contributed by atoms with Crippen LogP contribution in [0.25, 0.3) is 10.8 Å². The summed E-state index contributed by atoms with van der Waals surface area (Å²) in [6.45, 7) is 0.470. The van der Waals surface area contributed by atoms with Gasteiger partial charge in [0.25, 0.3) is 0 Å². The monoisotopic (exact) mass is 235 g/mol. The highest BCUT2D eigenvalue weighted by atomic mass is 35.5. The minimum absolute atomic E-state index is 0.248. The largest absolute Gasteiger partial charge is 0.390 e. The van der Waals surface area contributed by atoms with Gasteiger partial charge in [-0.1, -0.05) is 36.4 Å². The minimum atomic E-state index is -0.513. The van der Waals surface area contributed by atoms with Crippen LogP contribution in [0.5, 0.6) is 0 Å². The predicted molar refractivity (Wildman–Crippen MR) is 69.2 cm³/mol. The average molecular weight is 236 g/mol. The summed E-state index contributed by atoms with van der Waals surface area (Å²) in [6, 6.07) is 14.2. The fourth-order valence-corrected chi connectivity index (χ4v) is 1.77. The van der Waals surface area contributed by atoms with Crippen LogP contribution in [0.1, 0.15) is 0 Å². The molecule has 16 heavy (non-hydrogen) atoms. The van der Waals surface area contributed by atoms with Crippen LogP contribution in [0, 0.1) is 0 Å². The van der Waals surface area contributed by atoms with Crippen molar-refractivity contribution in [2.45, 2.75) is 6.10 Å². The smallest absolute Gasteiger partial charge is 0.0847 e. The van der Waals surface area contributed by atoms with E-state index in [0.29, 0.717) is 6.54 Å². The molecule has 84 valence electrons. The summed E-state index contributed by atoms with van der Waals surface area (Å²) in [5, 5.41) is 14.9. The zero-order valence-electron chi connectivity index (χ0n) is 8.86. The van der Waals surface area contributed by atoms with Crippen LogP contribution in [-0.4, -0.2) is 23.6 Å². The SMILES string of the molecule is O[C@H](CCl)CNc1cccc2ccccc12. The number of benzene rings is 2. The van der Waals surface area contributed by atoms with Crippen molar-refractivity contribution < 1.29 is 5.11 Å². The van der Waals surface area contributed by atoms with Crippen molar-refractivity contribution >= 4 is 28.1 Å². The molecule has 0 aliphatic carbocycles. The van der Waals surface area contributed by atoms with Crippen LogP contribution in [0.3, 0.4) is 0 Å². The van der Waals surface area contributed by atoms with Crippen molar-refractivity contribution in [3.8, 4) is 0 Å². The second kappa shape index (κ2) is 5.19. The summed E-state index contributed by atoms with van der Waals surface area (Å²) < 4.78 is 0. The Kier molecular flexibility index (Phi) is 3.65. The van der Waals surface area contributed by atoms with E-state index in [4.69, 9.17) is 11.6 Å². The van der Waals surface area contributed by atoms with E-state index < -0.39 is 6.10 Å². The van der Waals surface area contributed by atoms with Gasteiger partial charge >= 0.3 is 0 Å². The Hall–Kier alpha value is -1.25. The van der Waals surface area contributed by atoms with E-state index in [1.54, 1.807) is 0 Å². The van der Waals surface area contributed by atoms with Gasteiger partial charge in [0.1, 0.15) is 0 Å². The van der Waals surface area contributed by atoms with Gasteiger partial charge in [0.2, 0.25) is 0 Å². The van der Waals surface area contributed by atoms with Crippen molar-refractivity contribution in [1.82, 2.24) is 0 Å². The molecule has 0 heterocycles. The van der Waals surface area contributed by atoms with E-state index in [9.17, 15) is 5.11 Å². The summed E-state index contributed by atoms with van der Waals surface area (Å²) in [6.07, 6.45) is -0.513. The number of hydrogen-bond donors (Lipinski definition) is 2. The highest BCUT2D eigenvalue weighted by Gasteiger charge is 2.03. The Morgan fingerprint density at radius 1 is 1.12 bits per heavy atom. The number of aliphatic hydroxyl groups excluding tert-OH is 1. The van der Waals surface area contributed by atoms with Crippen LogP contribution in [0.15, 0.2) is 42.5 Å². The van der Waals surface area contributed by atoms with Crippen LogP contribution < -0.4 is 5.32 Å². The summed E-state index contributed by atoms with van der Waals surface area (Å²) in [5.41, 5.74) is 1.03. The van der Waals surface area contributed by atoms with Crippen LogP contribution in [-0.2, 0) is 0 Å². The molecule has 1 atom stereocenters. The lowest BCUT2D eigenvalue weighted by Crippen LogP contribution is -2.20. The highest BCUT2D eigenvalue weighted by molar-refractivity contribution is 6.18. The van der Waals surface area contributed by atoms with E-state index in [2.05, 4.69) is 23.5 Å². The first-order chi connectivity index (χ1) is 7.81. The lowest BCUT2D eigenvalue weighted by molar-refractivity contribution is 0.211. The summed E-state index contributed by atoms with van der Waals surface area (Å²) in [5.74, 6) is 0.248. The number of anilines is 1. The zero-order valence-corrected chi connectivity index (χ0v) is 9.61. The van der Waals surface area contributed by atoms with Gasteiger partial charge in [-0.05, 0) is 11.5 Å². The molecule has 3 heteroatoms. The summed E-state index contributed by atoms with van der Waals surface area (Å²) >= 11 is 5.55. The fourth-order valence-electron chi connectivity index (χ4n) is 1.66. The standard InChI is InChI=1S/C13H14ClNO/c14-8-11(16)9-15-13-7-3-5-10-4-1-2-6-12(10)13/h1-7,11,15-16H,8-9H2/t11-/m1/s1. The molecule has 0 aliphatic rings. The van der Waals surface area contributed by atoms with Crippen LogP contribution in [0.2, 0.25) is 0 Å². The third kappa shape index (κ3) is 2.46. The number of alkyl halides is 1. The second-order valence-corrected chi connectivity index (χ2v) is 4.02. The molecule has 2 aromatic rings. The molecule has 0 radical (unpaired) electrons. The maximum Gasteiger partial charge on any atom is 0.0847 e. The fraction of sp³-hybridized carbons (Fsp3) is 0.231. The van der Waals surface area contributed by atoms with Gasteiger partial charge in [0.15, 0.2) is 0 Å². The average Bonchev–Trinajstić information content (AvgIpc) is 2.35. The molecular formula is C13H14ClNO. The molecule has 2 rings (SSSR count). The first-order valence-electron chi connectivity index (χ1n) is 5.27. The Morgan fingerprint density at radius 2 is 1.88 bits per heavy atom. The van der Waals surface area contributed by atoms with E-state index in [1.165, 1.54) is 5.39 Å². The van der Waals surface area contributed by atoms with Gasteiger partial charge in [0, 0.05) is 17.6 Å². The second-order valence-electron chi connectivity index (χ2n) is 3.72. The number of hydrogen-bond acceptors (Lipinski definition) is 2. The predicted octanol–water partition coefficient (Wildman–Crippen LogP) is 2.85. The molecule has 2 N–H and O–H groups in total. The Morgan fingerprint density at radius 3 is 2.69 bits per heavy atom. The van der Waals surface area contributed by atoms with Crippen molar-refractivity contribution in [2.24, 2.45) is 0 Å². The maximum atomic E-state index is 9.40. The topological polar surface area (TPSA) is 32.3 Å². The van der Waals surface area contributed by atoms with Crippen LogP contribution in [0.4, 0.5) is 5.69 Å². The molecule has 2 aromatic carbocycles. The lowest BCUT2D eigenvalue weighted by Gasteiger charge is -2.12. The molecule has 0 fully saturated rings. The van der Waals surface area contributed by atoms with Gasteiger partial charge in [-0.25, -0.2) is 0 Å². The number of nitrogens with one attached hydrogen (secondary N) is 1. The van der Waals surface area contributed by atoms with Gasteiger partial charge in [-0.15, -0.1) is 11.6 Å². The molecular weight excluding hydrogens is 222 g/mol. The minimum Gasteiger partial charge on any atom is -0.390 e. The number of rotatable bonds is 4. The van der Waals surface area contributed by atoms with E-state index in [0.717, 1.165) is 11.1 Å². The maximum absolute atomic E-state index is 9.40.